The van der Waals surface area contributed by atoms with Crippen LogP contribution >= 0.6 is 0 Å². The second kappa shape index (κ2) is 5.63. The van der Waals surface area contributed by atoms with Crippen LogP contribution in [0, 0.1) is 6.92 Å². The Morgan fingerprint density at radius 2 is 2.23 bits per heavy atom. The number of rotatable bonds is 5. The van der Waals surface area contributed by atoms with Gasteiger partial charge in [0.15, 0.2) is 0 Å². The van der Waals surface area contributed by atoms with Gasteiger partial charge in [-0.1, -0.05) is 25.5 Å². The van der Waals surface area contributed by atoms with Gasteiger partial charge in [-0.05, 0) is 37.5 Å². The number of hydrogen-bond donors (Lipinski definition) is 0. The third-order valence-electron chi connectivity index (χ3n) is 1.92. The average Bonchev–Trinajstić information content (AvgIpc) is 2.16. The lowest BCUT2D eigenvalue weighted by Crippen LogP contribution is -1.92. The fraction of sp³-hybridized carbons (Fsp3) is 0.417. The minimum absolute atomic E-state index is 0.735. The molecule has 0 spiro atoms. The van der Waals surface area contributed by atoms with Gasteiger partial charge in [-0.15, -0.1) is 0 Å². The van der Waals surface area contributed by atoms with Gasteiger partial charge >= 0.3 is 0 Å². The first-order valence-corrected chi connectivity index (χ1v) is 4.87. The molecule has 1 nitrogen and oxygen atoms in total. The maximum atomic E-state index is 5.41. The second-order valence-electron chi connectivity index (χ2n) is 3.04. The summed E-state index contributed by atoms with van der Waals surface area (Å²) in [6.07, 6.45) is 3.25. The van der Waals surface area contributed by atoms with Crippen LogP contribution in [0.5, 0.6) is 5.75 Å². The normalized spacial score (nSPS) is 10.0. The van der Waals surface area contributed by atoms with E-state index >= 15 is 0 Å². The third kappa shape index (κ3) is 3.49. The first-order valence-electron chi connectivity index (χ1n) is 4.87. The maximum Gasteiger partial charge on any atom is 0.119 e. The summed E-state index contributed by atoms with van der Waals surface area (Å²) in [5.74, 6) is 0.976. The van der Waals surface area contributed by atoms with E-state index in [9.17, 15) is 0 Å². The molecule has 0 heterocycles. The van der Waals surface area contributed by atoms with Crippen molar-refractivity contribution >= 4 is 0 Å². The van der Waals surface area contributed by atoms with Crippen LogP contribution in [0.1, 0.15) is 25.3 Å². The molecule has 1 radical (unpaired) electrons. The predicted octanol–water partition coefficient (Wildman–Crippen LogP) is 3.24. The summed E-state index contributed by atoms with van der Waals surface area (Å²) in [4.78, 5) is 0. The van der Waals surface area contributed by atoms with Crippen molar-refractivity contribution in [3.8, 4) is 5.75 Å². The van der Waals surface area contributed by atoms with E-state index in [1.807, 2.05) is 19.1 Å². The van der Waals surface area contributed by atoms with E-state index in [-0.39, 0.29) is 0 Å². The zero-order valence-corrected chi connectivity index (χ0v) is 8.25. The number of unbranched alkanes of at least 4 members (excludes halogenated alkanes) is 1. The summed E-state index contributed by atoms with van der Waals surface area (Å²) in [6.45, 7) is 6.57. The molecule has 0 amide bonds. The van der Waals surface area contributed by atoms with Crippen LogP contribution in [-0.2, 0) is 6.42 Å². The topological polar surface area (TPSA) is 9.23 Å². The second-order valence-corrected chi connectivity index (χ2v) is 3.04. The van der Waals surface area contributed by atoms with Crippen LogP contribution in [0.15, 0.2) is 24.3 Å². The summed E-state index contributed by atoms with van der Waals surface area (Å²) in [5, 5.41) is 0. The van der Waals surface area contributed by atoms with Gasteiger partial charge in [-0.3, -0.25) is 0 Å². The van der Waals surface area contributed by atoms with Crippen molar-refractivity contribution in [1.29, 1.82) is 0 Å². The molecule has 0 N–H and O–H groups in total. The largest absolute Gasteiger partial charge is 0.494 e. The first-order chi connectivity index (χ1) is 6.36. The Morgan fingerprint density at radius 1 is 1.38 bits per heavy atom. The van der Waals surface area contributed by atoms with Gasteiger partial charge < -0.3 is 4.74 Å². The highest BCUT2D eigenvalue weighted by Crippen LogP contribution is 2.14. The summed E-state index contributed by atoms with van der Waals surface area (Å²) in [6, 6.07) is 8.29. The Bertz CT molecular complexity index is 243. The van der Waals surface area contributed by atoms with Crippen molar-refractivity contribution in [2.24, 2.45) is 0 Å². The number of aryl methyl sites for hydroxylation is 1. The maximum absolute atomic E-state index is 5.41. The van der Waals surface area contributed by atoms with Crippen LogP contribution in [0.25, 0.3) is 0 Å². The van der Waals surface area contributed by atoms with E-state index in [1.54, 1.807) is 0 Å². The van der Waals surface area contributed by atoms with Crippen LogP contribution < -0.4 is 4.74 Å². The molecular weight excluding hydrogens is 160 g/mol. The van der Waals surface area contributed by atoms with Crippen molar-refractivity contribution < 1.29 is 4.74 Å². The van der Waals surface area contributed by atoms with Crippen LogP contribution in [-0.4, -0.2) is 6.61 Å². The van der Waals surface area contributed by atoms with Crippen molar-refractivity contribution in [3.05, 3.63) is 36.8 Å². The zero-order valence-electron chi connectivity index (χ0n) is 8.25. The van der Waals surface area contributed by atoms with E-state index in [0.717, 1.165) is 31.6 Å². The molecule has 0 bridgehead atoms. The first kappa shape index (κ1) is 10.1. The summed E-state index contributed by atoms with van der Waals surface area (Å²) < 4.78 is 5.41. The molecule has 1 rings (SSSR count). The highest BCUT2D eigenvalue weighted by molar-refractivity contribution is 5.28. The Hall–Kier alpha value is -0.980. The molecule has 0 aliphatic heterocycles. The number of hydrogen-bond acceptors (Lipinski definition) is 1. The Balaban J connectivity index is 2.56. The molecule has 1 heteroatoms. The minimum atomic E-state index is 0.735. The van der Waals surface area contributed by atoms with Crippen molar-refractivity contribution in [2.75, 3.05) is 6.61 Å². The van der Waals surface area contributed by atoms with Gasteiger partial charge in [-0.2, -0.15) is 0 Å². The highest BCUT2D eigenvalue weighted by Gasteiger charge is 1.95. The molecule has 13 heavy (non-hydrogen) atoms. The lowest BCUT2D eigenvalue weighted by atomic mass is 10.1. The molecule has 0 aromatic heterocycles. The summed E-state index contributed by atoms with van der Waals surface area (Å²) in [5.41, 5.74) is 1.34. The Labute approximate surface area is 80.7 Å². The number of ether oxygens (including phenoxy) is 1. The third-order valence-corrected chi connectivity index (χ3v) is 1.92. The fourth-order valence-electron chi connectivity index (χ4n) is 1.29. The fourth-order valence-corrected chi connectivity index (χ4v) is 1.29. The van der Waals surface area contributed by atoms with Gasteiger partial charge in [0.2, 0.25) is 0 Å². The van der Waals surface area contributed by atoms with Gasteiger partial charge in [0.1, 0.15) is 5.75 Å². The van der Waals surface area contributed by atoms with Gasteiger partial charge in [0.25, 0.3) is 0 Å². The van der Waals surface area contributed by atoms with Gasteiger partial charge in [0, 0.05) is 0 Å². The van der Waals surface area contributed by atoms with E-state index < -0.39 is 0 Å². The highest BCUT2D eigenvalue weighted by atomic mass is 16.5. The monoisotopic (exact) mass is 177 g/mol. The zero-order chi connectivity index (χ0) is 9.52. The molecule has 0 saturated carbocycles. The van der Waals surface area contributed by atoms with E-state index in [1.165, 1.54) is 5.56 Å². The van der Waals surface area contributed by atoms with Crippen molar-refractivity contribution in [1.82, 2.24) is 0 Å². The molecule has 0 aliphatic carbocycles. The SMILES string of the molecule is [CH2]CCCc1cccc(OCC)c1. The standard InChI is InChI=1S/C12H17O/c1-3-5-7-11-8-6-9-12(10-11)13-4-2/h6,8-10H,1,3-5,7H2,2H3. The van der Waals surface area contributed by atoms with E-state index in [0.29, 0.717) is 0 Å². The molecule has 1 aromatic carbocycles. The number of benzene rings is 1. The van der Waals surface area contributed by atoms with Crippen LogP contribution in [0.3, 0.4) is 0 Å². The quantitative estimate of drug-likeness (QED) is 0.671. The van der Waals surface area contributed by atoms with Gasteiger partial charge in [-0.25, -0.2) is 0 Å². The minimum Gasteiger partial charge on any atom is -0.494 e. The Morgan fingerprint density at radius 3 is 2.92 bits per heavy atom. The van der Waals surface area contributed by atoms with Crippen molar-refractivity contribution in [3.63, 3.8) is 0 Å². The molecule has 0 saturated heterocycles. The molecular formula is C12H17O. The smallest absolute Gasteiger partial charge is 0.119 e. The summed E-state index contributed by atoms with van der Waals surface area (Å²) in [7, 11) is 0. The lowest BCUT2D eigenvalue weighted by molar-refractivity contribution is 0.340. The Kier molecular flexibility index (Phi) is 4.37. The van der Waals surface area contributed by atoms with E-state index in [4.69, 9.17) is 4.74 Å². The molecule has 0 aliphatic rings. The molecule has 0 atom stereocenters. The molecule has 1 aromatic rings. The lowest BCUT2D eigenvalue weighted by Gasteiger charge is -2.05. The molecule has 0 unspecified atom stereocenters. The average molecular weight is 177 g/mol. The van der Waals surface area contributed by atoms with Crippen LogP contribution in [0.2, 0.25) is 0 Å². The van der Waals surface area contributed by atoms with Gasteiger partial charge in [0.05, 0.1) is 6.61 Å². The van der Waals surface area contributed by atoms with E-state index in [2.05, 4.69) is 19.1 Å². The molecule has 0 fully saturated rings. The van der Waals surface area contributed by atoms with Crippen LogP contribution in [0.4, 0.5) is 0 Å². The van der Waals surface area contributed by atoms with Crippen molar-refractivity contribution in [2.45, 2.75) is 26.2 Å². The summed E-state index contributed by atoms with van der Waals surface area (Å²) >= 11 is 0. The molecule has 71 valence electrons. The predicted molar refractivity (Wildman–Crippen MR) is 55.9 cm³/mol.